The van der Waals surface area contributed by atoms with E-state index in [0.29, 0.717) is 12.1 Å². The number of carboxylic acid groups (broad SMARTS) is 1. The molecule has 0 radical (unpaired) electrons. The summed E-state index contributed by atoms with van der Waals surface area (Å²) >= 11 is 0. The Hall–Kier alpha value is -2.59. The summed E-state index contributed by atoms with van der Waals surface area (Å²) < 4.78 is 5.06. The number of carboxylic acids is 1. The molecule has 1 saturated heterocycles. The number of ether oxygens (including phenoxy) is 1. The lowest BCUT2D eigenvalue weighted by Gasteiger charge is -2.30. The SMILES string of the molecule is N#Cc1cccc(CNC(=O)N2CCOC(C(=O)O)C2)c1. The van der Waals surface area contributed by atoms with Crippen LogP contribution in [0.1, 0.15) is 11.1 Å². The lowest BCUT2D eigenvalue weighted by Crippen LogP contribution is -2.51. The molecule has 7 heteroatoms. The maximum atomic E-state index is 12.0. The molecule has 21 heavy (non-hydrogen) atoms. The van der Waals surface area contributed by atoms with Gasteiger partial charge in [-0.25, -0.2) is 9.59 Å². The van der Waals surface area contributed by atoms with Crippen LogP contribution in [0.15, 0.2) is 24.3 Å². The standard InChI is InChI=1S/C14H15N3O4/c15-7-10-2-1-3-11(6-10)8-16-14(20)17-4-5-21-12(9-17)13(18)19/h1-3,6,12H,4-5,8-9H2,(H,16,20)(H,18,19). The summed E-state index contributed by atoms with van der Waals surface area (Å²) in [6, 6.07) is 8.62. The van der Waals surface area contributed by atoms with Crippen molar-refractivity contribution >= 4 is 12.0 Å². The highest BCUT2D eigenvalue weighted by Crippen LogP contribution is 2.07. The zero-order valence-electron chi connectivity index (χ0n) is 11.3. The highest BCUT2D eigenvalue weighted by molar-refractivity contribution is 5.77. The molecule has 1 heterocycles. The van der Waals surface area contributed by atoms with E-state index in [0.717, 1.165) is 5.56 Å². The van der Waals surface area contributed by atoms with Gasteiger partial charge in [-0.1, -0.05) is 12.1 Å². The van der Waals surface area contributed by atoms with Gasteiger partial charge in [0.05, 0.1) is 24.8 Å². The fourth-order valence-electron chi connectivity index (χ4n) is 2.02. The predicted octanol–water partition coefficient (Wildman–Crippen LogP) is 0.553. The Bertz CT molecular complexity index is 582. The zero-order chi connectivity index (χ0) is 15.2. The minimum Gasteiger partial charge on any atom is -0.479 e. The van der Waals surface area contributed by atoms with Gasteiger partial charge in [-0.3, -0.25) is 0 Å². The lowest BCUT2D eigenvalue weighted by atomic mass is 10.1. The van der Waals surface area contributed by atoms with Crippen molar-refractivity contribution in [2.75, 3.05) is 19.7 Å². The van der Waals surface area contributed by atoms with Crippen LogP contribution in [-0.4, -0.2) is 47.8 Å². The predicted molar refractivity (Wildman–Crippen MR) is 72.3 cm³/mol. The quantitative estimate of drug-likeness (QED) is 0.846. The average molecular weight is 289 g/mol. The number of rotatable bonds is 3. The third-order valence-corrected chi connectivity index (χ3v) is 3.13. The fraction of sp³-hybridized carbons (Fsp3) is 0.357. The topological polar surface area (TPSA) is 103 Å². The number of aliphatic carboxylic acids is 1. The molecule has 0 spiro atoms. The third kappa shape index (κ3) is 3.94. The van der Waals surface area contributed by atoms with Crippen molar-refractivity contribution in [3.63, 3.8) is 0 Å². The molecule has 0 bridgehead atoms. The molecular weight excluding hydrogens is 274 g/mol. The molecule has 2 amide bonds. The van der Waals surface area contributed by atoms with E-state index in [1.807, 2.05) is 6.07 Å². The molecule has 1 aliphatic rings. The van der Waals surface area contributed by atoms with Gasteiger partial charge in [0.1, 0.15) is 0 Å². The van der Waals surface area contributed by atoms with Crippen LogP contribution in [0.4, 0.5) is 4.79 Å². The first kappa shape index (κ1) is 14.8. The zero-order valence-corrected chi connectivity index (χ0v) is 11.3. The summed E-state index contributed by atoms with van der Waals surface area (Å²) in [6.07, 6.45) is -0.980. The maximum Gasteiger partial charge on any atom is 0.334 e. The minimum absolute atomic E-state index is 0.0272. The van der Waals surface area contributed by atoms with Crippen molar-refractivity contribution in [3.05, 3.63) is 35.4 Å². The fourth-order valence-corrected chi connectivity index (χ4v) is 2.02. The summed E-state index contributed by atoms with van der Waals surface area (Å²) in [7, 11) is 0. The van der Waals surface area contributed by atoms with Crippen LogP contribution in [0.5, 0.6) is 0 Å². The second-order valence-corrected chi connectivity index (χ2v) is 4.61. The first-order valence-corrected chi connectivity index (χ1v) is 6.46. The molecule has 7 nitrogen and oxygen atoms in total. The Morgan fingerprint density at radius 3 is 3.05 bits per heavy atom. The van der Waals surface area contributed by atoms with Gasteiger partial charge in [0.25, 0.3) is 0 Å². The van der Waals surface area contributed by atoms with Crippen molar-refractivity contribution in [2.45, 2.75) is 12.6 Å². The molecule has 1 aromatic carbocycles. The second-order valence-electron chi connectivity index (χ2n) is 4.61. The summed E-state index contributed by atoms with van der Waals surface area (Å²) in [4.78, 5) is 24.3. The Morgan fingerprint density at radius 1 is 1.52 bits per heavy atom. The van der Waals surface area contributed by atoms with Gasteiger partial charge in [-0.15, -0.1) is 0 Å². The van der Waals surface area contributed by atoms with E-state index in [1.54, 1.807) is 24.3 Å². The molecule has 1 unspecified atom stereocenters. The molecule has 1 aromatic rings. The molecule has 2 N–H and O–H groups in total. The van der Waals surface area contributed by atoms with Gasteiger partial charge in [-0.05, 0) is 17.7 Å². The number of nitriles is 1. The van der Waals surface area contributed by atoms with Crippen LogP contribution in [0, 0.1) is 11.3 Å². The van der Waals surface area contributed by atoms with Gasteiger partial charge in [0.2, 0.25) is 0 Å². The van der Waals surface area contributed by atoms with Crippen LogP contribution in [0.2, 0.25) is 0 Å². The molecule has 1 fully saturated rings. The van der Waals surface area contributed by atoms with Gasteiger partial charge < -0.3 is 20.1 Å². The van der Waals surface area contributed by atoms with Gasteiger partial charge in [0.15, 0.2) is 6.10 Å². The number of nitrogens with zero attached hydrogens (tertiary/aromatic N) is 2. The van der Waals surface area contributed by atoms with E-state index in [-0.39, 0.29) is 25.7 Å². The number of hydrogen-bond donors (Lipinski definition) is 2. The minimum atomic E-state index is -1.07. The largest absolute Gasteiger partial charge is 0.479 e. The molecule has 0 aliphatic carbocycles. The highest BCUT2D eigenvalue weighted by Gasteiger charge is 2.28. The molecule has 2 rings (SSSR count). The van der Waals surface area contributed by atoms with Gasteiger partial charge in [0, 0.05) is 13.1 Å². The Labute approximate surface area is 121 Å². The van der Waals surface area contributed by atoms with Crippen LogP contribution in [-0.2, 0) is 16.1 Å². The van der Waals surface area contributed by atoms with E-state index in [9.17, 15) is 9.59 Å². The third-order valence-electron chi connectivity index (χ3n) is 3.13. The first-order valence-electron chi connectivity index (χ1n) is 6.46. The van der Waals surface area contributed by atoms with Crippen molar-refractivity contribution in [2.24, 2.45) is 0 Å². The Balaban J connectivity index is 1.89. The van der Waals surface area contributed by atoms with E-state index in [2.05, 4.69) is 5.32 Å². The number of amides is 2. The molecule has 110 valence electrons. The maximum absolute atomic E-state index is 12.0. The van der Waals surface area contributed by atoms with Gasteiger partial charge >= 0.3 is 12.0 Å². The number of carbonyl (C=O) groups excluding carboxylic acids is 1. The summed E-state index contributed by atoms with van der Waals surface area (Å²) in [5, 5.41) is 20.4. The van der Waals surface area contributed by atoms with Crippen molar-refractivity contribution in [1.82, 2.24) is 10.2 Å². The van der Waals surface area contributed by atoms with E-state index >= 15 is 0 Å². The highest BCUT2D eigenvalue weighted by atomic mass is 16.5. The lowest BCUT2D eigenvalue weighted by molar-refractivity contribution is -0.154. The normalized spacial score (nSPS) is 17.9. The number of urea groups is 1. The van der Waals surface area contributed by atoms with Crippen molar-refractivity contribution < 1.29 is 19.4 Å². The number of nitrogens with one attached hydrogen (secondary N) is 1. The number of carbonyl (C=O) groups is 2. The van der Waals surface area contributed by atoms with Crippen LogP contribution >= 0.6 is 0 Å². The van der Waals surface area contributed by atoms with E-state index < -0.39 is 12.1 Å². The van der Waals surface area contributed by atoms with Crippen LogP contribution in [0.3, 0.4) is 0 Å². The number of hydrogen-bond acceptors (Lipinski definition) is 4. The van der Waals surface area contributed by atoms with E-state index in [4.69, 9.17) is 15.1 Å². The average Bonchev–Trinajstić information content (AvgIpc) is 2.53. The Kier molecular flexibility index (Phi) is 4.74. The van der Waals surface area contributed by atoms with E-state index in [1.165, 1.54) is 4.90 Å². The number of morpholine rings is 1. The summed E-state index contributed by atoms with van der Waals surface area (Å²) in [5.74, 6) is -1.07. The van der Waals surface area contributed by atoms with Crippen molar-refractivity contribution in [1.29, 1.82) is 5.26 Å². The Morgan fingerprint density at radius 2 is 2.33 bits per heavy atom. The first-order chi connectivity index (χ1) is 10.1. The van der Waals surface area contributed by atoms with Crippen molar-refractivity contribution in [3.8, 4) is 6.07 Å². The van der Waals surface area contributed by atoms with Crippen LogP contribution in [0.25, 0.3) is 0 Å². The molecule has 1 aliphatic heterocycles. The summed E-state index contributed by atoms with van der Waals surface area (Å²) in [6.45, 7) is 0.866. The molecule has 0 saturated carbocycles. The molecular formula is C14H15N3O4. The van der Waals surface area contributed by atoms with Gasteiger partial charge in [-0.2, -0.15) is 5.26 Å². The smallest absolute Gasteiger partial charge is 0.334 e. The second kappa shape index (κ2) is 6.72. The number of benzene rings is 1. The monoisotopic (exact) mass is 289 g/mol. The molecule has 0 aromatic heterocycles. The summed E-state index contributed by atoms with van der Waals surface area (Å²) in [5.41, 5.74) is 1.34. The molecule has 1 atom stereocenters. The van der Waals surface area contributed by atoms with Crippen LogP contribution < -0.4 is 5.32 Å².